The highest BCUT2D eigenvalue weighted by atomic mass is 32.2. The van der Waals surface area contributed by atoms with E-state index in [0.717, 1.165) is 10.5 Å². The molecule has 150 valence electrons. The Labute approximate surface area is 173 Å². The van der Waals surface area contributed by atoms with Gasteiger partial charge in [-0.2, -0.15) is 5.26 Å². The summed E-state index contributed by atoms with van der Waals surface area (Å²) in [6.07, 6.45) is 1.97. The topological polar surface area (TPSA) is 105 Å². The molecule has 2 aromatic carbocycles. The lowest BCUT2D eigenvalue weighted by Crippen LogP contribution is -2.26. The molecule has 8 heteroatoms. The molecule has 0 fully saturated rings. The second-order valence-corrected chi connectivity index (χ2v) is 7.29. The molecule has 0 heterocycles. The lowest BCUT2D eigenvalue weighted by Gasteiger charge is -2.06. The highest BCUT2D eigenvalue weighted by molar-refractivity contribution is 7.99. The first kappa shape index (κ1) is 22.1. The Hall–Kier alpha value is -3.15. The van der Waals surface area contributed by atoms with E-state index in [9.17, 15) is 20.2 Å². The Bertz CT molecular complexity index is 949. The number of nitro benzene ring substituents is 1. The molecule has 1 amide bonds. The maximum absolute atomic E-state index is 12.1. The normalized spacial score (nSPS) is 11.0. The number of aryl methyl sites for hydroxylation is 1. The number of carbonyl (C=O) groups excluding carboxylic acids is 1. The van der Waals surface area contributed by atoms with Crippen LogP contribution < -0.4 is 5.32 Å². The van der Waals surface area contributed by atoms with Gasteiger partial charge in [0.05, 0.1) is 9.82 Å². The zero-order valence-electron chi connectivity index (χ0n) is 16.2. The number of nitriles is 1. The number of rotatable bonds is 9. The van der Waals surface area contributed by atoms with Gasteiger partial charge < -0.3 is 10.1 Å². The summed E-state index contributed by atoms with van der Waals surface area (Å²) in [6, 6.07) is 14.2. The van der Waals surface area contributed by atoms with Crippen molar-refractivity contribution in [3.05, 3.63) is 69.3 Å². The maximum Gasteiger partial charge on any atom is 0.283 e. The fourth-order valence-corrected chi connectivity index (χ4v) is 3.32. The van der Waals surface area contributed by atoms with Crippen molar-refractivity contribution in [2.75, 3.05) is 20.3 Å². The summed E-state index contributed by atoms with van der Waals surface area (Å²) in [4.78, 5) is 24.5. The molecule has 0 aliphatic carbocycles. The minimum atomic E-state index is -0.524. The average molecular weight is 411 g/mol. The van der Waals surface area contributed by atoms with Crippen molar-refractivity contribution in [1.29, 1.82) is 5.26 Å². The van der Waals surface area contributed by atoms with E-state index >= 15 is 0 Å². The molecule has 0 radical (unpaired) electrons. The van der Waals surface area contributed by atoms with Gasteiger partial charge in [0, 0.05) is 31.2 Å². The molecule has 0 unspecified atom stereocenters. The summed E-state index contributed by atoms with van der Waals surface area (Å²) < 4.78 is 4.90. The van der Waals surface area contributed by atoms with Crippen LogP contribution in [-0.2, 0) is 9.53 Å². The summed E-state index contributed by atoms with van der Waals surface area (Å²) in [5.41, 5.74) is 1.32. The summed E-state index contributed by atoms with van der Waals surface area (Å²) in [6.45, 7) is 2.84. The molecule has 0 aromatic heterocycles. The van der Waals surface area contributed by atoms with Gasteiger partial charge in [-0.1, -0.05) is 35.5 Å². The molecule has 0 saturated carbocycles. The maximum atomic E-state index is 12.1. The van der Waals surface area contributed by atoms with E-state index in [0.29, 0.717) is 30.0 Å². The molecule has 1 N–H and O–H groups in total. The van der Waals surface area contributed by atoms with Crippen LogP contribution >= 0.6 is 11.8 Å². The zero-order valence-corrected chi connectivity index (χ0v) is 17.0. The van der Waals surface area contributed by atoms with Crippen molar-refractivity contribution in [2.45, 2.75) is 23.1 Å². The van der Waals surface area contributed by atoms with Gasteiger partial charge >= 0.3 is 0 Å². The number of hydrogen-bond acceptors (Lipinski definition) is 6. The van der Waals surface area contributed by atoms with E-state index in [1.165, 1.54) is 23.9 Å². The van der Waals surface area contributed by atoms with Crippen LogP contribution in [0.1, 0.15) is 17.5 Å². The van der Waals surface area contributed by atoms with E-state index in [1.807, 2.05) is 37.3 Å². The van der Waals surface area contributed by atoms with Crippen LogP contribution in [0.15, 0.2) is 57.8 Å². The standard InChI is InChI=1S/C21H21N3O4S/c1-15-4-7-18(8-5-15)29-20-9-6-16(13-19(20)24(26)27)12-17(14-22)21(25)23-10-3-11-28-2/h4-9,12-13H,3,10-11H2,1-2H3,(H,23,25)/b17-12+. The first-order chi connectivity index (χ1) is 13.9. The van der Waals surface area contributed by atoms with Crippen LogP contribution in [-0.4, -0.2) is 31.1 Å². The summed E-state index contributed by atoms with van der Waals surface area (Å²) in [7, 11) is 1.57. The summed E-state index contributed by atoms with van der Waals surface area (Å²) in [5, 5.41) is 23.4. The highest BCUT2D eigenvalue weighted by Crippen LogP contribution is 2.35. The van der Waals surface area contributed by atoms with Crippen LogP contribution in [0.25, 0.3) is 6.08 Å². The summed E-state index contributed by atoms with van der Waals surface area (Å²) in [5.74, 6) is -0.524. The largest absolute Gasteiger partial charge is 0.385 e. The van der Waals surface area contributed by atoms with Crippen LogP contribution in [0.3, 0.4) is 0 Å². The van der Waals surface area contributed by atoms with Gasteiger partial charge in [0.25, 0.3) is 11.6 Å². The quantitative estimate of drug-likeness (QED) is 0.219. The highest BCUT2D eigenvalue weighted by Gasteiger charge is 2.16. The Kier molecular flexibility index (Phi) is 8.40. The van der Waals surface area contributed by atoms with Gasteiger partial charge in [0.15, 0.2) is 0 Å². The Morgan fingerprint density at radius 3 is 2.66 bits per heavy atom. The molecule has 0 aliphatic heterocycles. The number of benzene rings is 2. The number of methoxy groups -OCH3 is 1. The minimum Gasteiger partial charge on any atom is -0.385 e. The number of nitro groups is 1. The molecule has 7 nitrogen and oxygen atoms in total. The molecule has 2 aromatic rings. The first-order valence-corrected chi connectivity index (χ1v) is 9.68. The Morgan fingerprint density at radius 1 is 1.31 bits per heavy atom. The van der Waals surface area contributed by atoms with Gasteiger partial charge in [-0.25, -0.2) is 0 Å². The third kappa shape index (κ3) is 6.75. The molecular formula is C21H21N3O4S. The number of carbonyl (C=O) groups is 1. The second kappa shape index (κ2) is 11.0. The van der Waals surface area contributed by atoms with Crippen LogP contribution in [0.4, 0.5) is 5.69 Å². The second-order valence-electron chi connectivity index (χ2n) is 6.17. The van der Waals surface area contributed by atoms with Crippen LogP contribution in [0, 0.1) is 28.4 Å². The number of nitrogens with one attached hydrogen (secondary N) is 1. The van der Waals surface area contributed by atoms with Gasteiger partial charge in [0.1, 0.15) is 11.6 Å². The SMILES string of the molecule is COCCCNC(=O)/C(C#N)=C/c1ccc(Sc2ccc(C)cc2)c([N+](=O)[O-])c1. The van der Waals surface area contributed by atoms with E-state index in [2.05, 4.69) is 5.32 Å². The predicted molar refractivity (Wildman–Crippen MR) is 111 cm³/mol. The van der Waals surface area contributed by atoms with E-state index in [1.54, 1.807) is 19.2 Å². The smallest absolute Gasteiger partial charge is 0.283 e. The Morgan fingerprint density at radius 2 is 2.03 bits per heavy atom. The fraction of sp³-hybridized carbons (Fsp3) is 0.238. The van der Waals surface area contributed by atoms with Crippen LogP contribution in [0.5, 0.6) is 0 Å². The number of hydrogen-bond donors (Lipinski definition) is 1. The molecule has 0 aliphatic rings. The van der Waals surface area contributed by atoms with Crippen molar-refractivity contribution >= 4 is 29.4 Å². The molecular weight excluding hydrogens is 390 g/mol. The minimum absolute atomic E-state index is 0.0814. The molecule has 0 saturated heterocycles. The van der Waals surface area contributed by atoms with Crippen molar-refractivity contribution in [1.82, 2.24) is 5.32 Å². The Balaban J connectivity index is 2.22. The first-order valence-electron chi connectivity index (χ1n) is 8.86. The van der Waals surface area contributed by atoms with Gasteiger partial charge in [-0.3, -0.25) is 14.9 Å². The molecule has 0 spiro atoms. The number of amides is 1. The predicted octanol–water partition coefficient (Wildman–Crippen LogP) is 4.11. The lowest BCUT2D eigenvalue weighted by molar-refractivity contribution is -0.387. The van der Waals surface area contributed by atoms with E-state index in [4.69, 9.17) is 4.74 Å². The average Bonchev–Trinajstić information content (AvgIpc) is 2.71. The summed E-state index contributed by atoms with van der Waals surface area (Å²) >= 11 is 1.29. The van der Waals surface area contributed by atoms with Crippen molar-refractivity contribution in [2.24, 2.45) is 0 Å². The molecule has 29 heavy (non-hydrogen) atoms. The van der Waals surface area contributed by atoms with Crippen molar-refractivity contribution in [3.63, 3.8) is 0 Å². The lowest BCUT2D eigenvalue weighted by atomic mass is 10.1. The van der Waals surface area contributed by atoms with Crippen molar-refractivity contribution in [3.8, 4) is 6.07 Å². The van der Waals surface area contributed by atoms with Crippen LogP contribution in [0.2, 0.25) is 0 Å². The molecule has 0 bridgehead atoms. The van der Waals surface area contributed by atoms with E-state index in [-0.39, 0.29) is 11.3 Å². The van der Waals surface area contributed by atoms with Gasteiger partial charge in [-0.05, 0) is 43.2 Å². The monoisotopic (exact) mass is 411 g/mol. The zero-order chi connectivity index (χ0) is 21.2. The molecule has 2 rings (SSSR count). The number of nitrogens with zero attached hydrogens (tertiary/aromatic N) is 2. The number of ether oxygens (including phenoxy) is 1. The van der Waals surface area contributed by atoms with Gasteiger partial charge in [0.2, 0.25) is 0 Å². The molecule has 0 atom stereocenters. The van der Waals surface area contributed by atoms with Gasteiger partial charge in [-0.15, -0.1) is 0 Å². The van der Waals surface area contributed by atoms with E-state index < -0.39 is 10.8 Å². The fourth-order valence-electron chi connectivity index (χ4n) is 2.42. The van der Waals surface area contributed by atoms with Crippen molar-refractivity contribution < 1.29 is 14.5 Å². The third-order valence-electron chi connectivity index (χ3n) is 3.92. The third-order valence-corrected chi connectivity index (χ3v) is 4.99.